The lowest BCUT2D eigenvalue weighted by atomic mass is 9.99. The van der Waals surface area contributed by atoms with E-state index in [1.807, 2.05) is 11.4 Å². The average Bonchev–Trinajstić information content (AvgIpc) is 3.06. The van der Waals surface area contributed by atoms with Crippen molar-refractivity contribution in [1.82, 2.24) is 14.5 Å². The molecule has 1 amide bonds. The number of amides is 1. The summed E-state index contributed by atoms with van der Waals surface area (Å²) in [4.78, 5) is 30.7. The Balaban J connectivity index is 1.70. The highest BCUT2D eigenvalue weighted by Crippen LogP contribution is 2.33. The van der Waals surface area contributed by atoms with E-state index in [0.29, 0.717) is 16.5 Å². The highest BCUT2D eigenvalue weighted by Gasteiger charge is 2.41. The number of alkyl halides is 1. The highest BCUT2D eigenvalue weighted by atomic mass is 35.5. The lowest BCUT2D eigenvalue weighted by molar-refractivity contribution is -0.144. The van der Waals surface area contributed by atoms with Crippen molar-refractivity contribution in [3.63, 3.8) is 0 Å². The van der Waals surface area contributed by atoms with Crippen LogP contribution in [-0.2, 0) is 11.3 Å². The molecule has 3 aromatic heterocycles. The molecule has 9 heteroatoms. The van der Waals surface area contributed by atoms with E-state index >= 15 is 0 Å². The van der Waals surface area contributed by atoms with Crippen molar-refractivity contribution >= 4 is 38.9 Å². The van der Waals surface area contributed by atoms with Crippen molar-refractivity contribution in [2.75, 3.05) is 13.1 Å². The molecular weight excluding hydrogens is 403 g/mol. The van der Waals surface area contributed by atoms with Gasteiger partial charge in [-0.1, -0.05) is 11.6 Å². The van der Waals surface area contributed by atoms with Crippen molar-refractivity contribution in [3.8, 4) is 17.2 Å². The van der Waals surface area contributed by atoms with Gasteiger partial charge in [0.1, 0.15) is 18.3 Å². The van der Waals surface area contributed by atoms with Crippen molar-refractivity contribution < 1.29 is 9.18 Å². The second kappa shape index (κ2) is 6.69. The standard InChI is InChI=1S/C19H14ClFN4O2S/c1-19(21)9-25(10-19)16(26)7-24-3-2-15-17(18(24)27)12(8-28-15)11-4-13(20)14(5-22)23-6-11/h2-4,6,8H,7,9-10H2,1H3. The Kier molecular flexibility index (Phi) is 4.44. The zero-order valence-electron chi connectivity index (χ0n) is 14.8. The van der Waals surface area contributed by atoms with Crippen LogP contribution in [0.15, 0.2) is 34.7 Å². The Hall–Kier alpha value is -2.76. The second-order valence-electron chi connectivity index (χ2n) is 6.97. The summed E-state index contributed by atoms with van der Waals surface area (Å²) >= 11 is 7.47. The van der Waals surface area contributed by atoms with Crippen LogP contribution in [-0.4, -0.2) is 39.1 Å². The van der Waals surface area contributed by atoms with Gasteiger partial charge in [-0.15, -0.1) is 11.3 Å². The van der Waals surface area contributed by atoms with Crippen LogP contribution in [0.1, 0.15) is 12.6 Å². The van der Waals surface area contributed by atoms with E-state index in [9.17, 15) is 14.0 Å². The Bertz CT molecular complexity index is 1200. The van der Waals surface area contributed by atoms with Gasteiger partial charge in [-0.25, -0.2) is 9.37 Å². The van der Waals surface area contributed by atoms with Gasteiger partial charge in [0.2, 0.25) is 5.91 Å². The molecule has 0 radical (unpaired) electrons. The van der Waals surface area contributed by atoms with Crippen molar-refractivity contribution in [3.05, 3.63) is 51.0 Å². The normalized spacial score (nSPS) is 15.3. The fourth-order valence-corrected chi connectivity index (χ4v) is 4.42. The maximum absolute atomic E-state index is 13.6. The number of rotatable bonds is 3. The Labute approximate surface area is 168 Å². The van der Waals surface area contributed by atoms with E-state index in [0.717, 1.165) is 4.70 Å². The Morgan fingerprint density at radius 1 is 1.50 bits per heavy atom. The predicted octanol–water partition coefficient (Wildman–Crippen LogP) is 3.22. The van der Waals surface area contributed by atoms with Crippen LogP contribution in [0, 0.1) is 11.3 Å². The monoisotopic (exact) mass is 416 g/mol. The maximum atomic E-state index is 13.6. The first-order valence-corrected chi connectivity index (χ1v) is 9.68. The molecule has 0 bridgehead atoms. The summed E-state index contributed by atoms with van der Waals surface area (Å²) in [5.74, 6) is -0.295. The number of halogens is 2. The van der Waals surface area contributed by atoms with E-state index in [4.69, 9.17) is 16.9 Å². The molecular formula is C19H14ClFN4O2S. The van der Waals surface area contributed by atoms with E-state index in [1.54, 1.807) is 18.3 Å². The third kappa shape index (κ3) is 3.17. The number of nitriles is 1. The predicted molar refractivity (Wildman–Crippen MR) is 105 cm³/mol. The number of carbonyl (C=O) groups excluding carboxylic acids is 1. The number of pyridine rings is 2. The molecule has 1 fully saturated rings. The van der Waals surface area contributed by atoms with Crippen molar-refractivity contribution in [2.24, 2.45) is 0 Å². The zero-order chi connectivity index (χ0) is 20.1. The molecule has 0 saturated carbocycles. The fourth-order valence-electron chi connectivity index (χ4n) is 3.26. The van der Waals surface area contributed by atoms with Gasteiger partial charge in [-0.3, -0.25) is 9.59 Å². The fraction of sp³-hybridized carbons (Fsp3) is 0.263. The van der Waals surface area contributed by atoms with Crippen LogP contribution in [0.25, 0.3) is 21.2 Å². The number of hydrogen-bond donors (Lipinski definition) is 0. The summed E-state index contributed by atoms with van der Waals surface area (Å²) in [6, 6.07) is 5.27. The van der Waals surface area contributed by atoms with Crippen LogP contribution in [0.2, 0.25) is 5.02 Å². The molecule has 28 heavy (non-hydrogen) atoms. The first kappa shape index (κ1) is 18.6. The van der Waals surface area contributed by atoms with Gasteiger partial charge >= 0.3 is 0 Å². The molecule has 142 valence electrons. The summed E-state index contributed by atoms with van der Waals surface area (Å²) in [6.45, 7) is 1.39. The van der Waals surface area contributed by atoms with Gasteiger partial charge in [-0.05, 0) is 19.1 Å². The minimum absolute atomic E-state index is 0.0436. The van der Waals surface area contributed by atoms with Gasteiger partial charge in [0.25, 0.3) is 5.56 Å². The lowest BCUT2D eigenvalue weighted by Crippen LogP contribution is -2.60. The van der Waals surface area contributed by atoms with E-state index < -0.39 is 5.67 Å². The number of thiophene rings is 1. The number of nitrogens with zero attached hydrogens (tertiary/aromatic N) is 4. The van der Waals surface area contributed by atoms with Gasteiger partial charge in [0.05, 0.1) is 23.5 Å². The smallest absolute Gasteiger partial charge is 0.260 e. The molecule has 0 unspecified atom stereocenters. The molecule has 0 atom stereocenters. The van der Waals surface area contributed by atoms with Crippen LogP contribution in [0.4, 0.5) is 4.39 Å². The summed E-state index contributed by atoms with van der Waals surface area (Å²) in [5, 5.41) is 11.5. The highest BCUT2D eigenvalue weighted by molar-refractivity contribution is 7.17. The lowest BCUT2D eigenvalue weighted by Gasteiger charge is -2.42. The largest absolute Gasteiger partial charge is 0.335 e. The van der Waals surface area contributed by atoms with E-state index in [2.05, 4.69) is 4.98 Å². The van der Waals surface area contributed by atoms with E-state index in [1.165, 1.54) is 33.9 Å². The number of likely N-dealkylation sites (tertiary alicyclic amines) is 1. The molecule has 6 nitrogen and oxygen atoms in total. The molecule has 0 N–H and O–H groups in total. The molecule has 0 aromatic carbocycles. The quantitative estimate of drug-likeness (QED) is 0.656. The molecule has 1 saturated heterocycles. The molecule has 0 aliphatic carbocycles. The SMILES string of the molecule is CC1(F)CN(C(=O)Cn2ccc3scc(-c4cnc(C#N)c(Cl)c4)c3c2=O)C1. The van der Waals surface area contributed by atoms with Crippen LogP contribution in [0.5, 0.6) is 0 Å². The summed E-state index contributed by atoms with van der Waals surface area (Å²) in [7, 11) is 0. The van der Waals surface area contributed by atoms with Crippen LogP contribution in [0.3, 0.4) is 0 Å². The summed E-state index contributed by atoms with van der Waals surface area (Å²) in [6.07, 6.45) is 3.07. The summed E-state index contributed by atoms with van der Waals surface area (Å²) in [5.41, 5.74) is -0.292. The number of aromatic nitrogens is 2. The number of hydrogen-bond acceptors (Lipinski definition) is 5. The third-order valence-electron chi connectivity index (χ3n) is 4.66. The third-order valence-corrected chi connectivity index (χ3v) is 5.89. The van der Waals surface area contributed by atoms with Gasteiger partial charge < -0.3 is 9.47 Å². The summed E-state index contributed by atoms with van der Waals surface area (Å²) < 4.78 is 15.7. The maximum Gasteiger partial charge on any atom is 0.260 e. The average molecular weight is 417 g/mol. The Morgan fingerprint density at radius 2 is 2.25 bits per heavy atom. The van der Waals surface area contributed by atoms with Crippen LogP contribution < -0.4 is 5.56 Å². The Morgan fingerprint density at radius 3 is 2.89 bits per heavy atom. The van der Waals surface area contributed by atoms with Gasteiger partial charge in [-0.2, -0.15) is 5.26 Å². The number of carbonyl (C=O) groups is 1. The van der Waals surface area contributed by atoms with Crippen LogP contribution >= 0.6 is 22.9 Å². The number of fused-ring (bicyclic) bond motifs is 1. The first-order valence-electron chi connectivity index (χ1n) is 8.42. The van der Waals surface area contributed by atoms with Crippen molar-refractivity contribution in [2.45, 2.75) is 19.1 Å². The molecule has 1 aliphatic rings. The van der Waals surface area contributed by atoms with E-state index in [-0.39, 0.29) is 41.8 Å². The van der Waals surface area contributed by atoms with Crippen molar-refractivity contribution in [1.29, 1.82) is 5.26 Å². The van der Waals surface area contributed by atoms with Gasteiger partial charge in [0.15, 0.2) is 5.69 Å². The molecule has 3 aromatic rings. The second-order valence-corrected chi connectivity index (χ2v) is 8.29. The molecule has 4 rings (SSSR count). The van der Waals surface area contributed by atoms with Gasteiger partial charge in [0, 0.05) is 33.6 Å². The zero-order valence-corrected chi connectivity index (χ0v) is 16.4. The molecule has 0 spiro atoms. The minimum atomic E-state index is -1.35. The molecule has 1 aliphatic heterocycles. The first-order chi connectivity index (χ1) is 13.3. The molecule has 4 heterocycles. The minimum Gasteiger partial charge on any atom is -0.335 e. The topological polar surface area (TPSA) is 79.0 Å².